The van der Waals surface area contributed by atoms with Crippen molar-refractivity contribution in [3.8, 4) is 11.5 Å². The lowest BCUT2D eigenvalue weighted by molar-refractivity contribution is -0.116. The second-order valence-electron chi connectivity index (χ2n) is 6.12. The first-order chi connectivity index (χ1) is 13.3. The third kappa shape index (κ3) is 4.42. The van der Waals surface area contributed by atoms with E-state index in [0.29, 0.717) is 33.3 Å². The summed E-state index contributed by atoms with van der Waals surface area (Å²) in [4.78, 5) is 16.9. The van der Waals surface area contributed by atoms with E-state index >= 15 is 0 Å². The van der Waals surface area contributed by atoms with Crippen LogP contribution >= 0.6 is 11.3 Å². The van der Waals surface area contributed by atoms with Gasteiger partial charge in [0, 0.05) is 12.7 Å². The van der Waals surface area contributed by atoms with Crippen LogP contribution in [0.1, 0.15) is 12.0 Å². The Morgan fingerprint density at radius 2 is 1.96 bits per heavy atom. The number of aromatic nitrogens is 1. The first kappa shape index (κ1) is 20.1. The van der Waals surface area contributed by atoms with Crippen LogP contribution in [0.25, 0.3) is 10.2 Å². The van der Waals surface area contributed by atoms with Crippen LogP contribution in [0.5, 0.6) is 11.5 Å². The maximum atomic E-state index is 12.3. The number of para-hydroxylation sites is 1. The fourth-order valence-electron chi connectivity index (χ4n) is 2.77. The Labute approximate surface area is 167 Å². The summed E-state index contributed by atoms with van der Waals surface area (Å²) in [7, 11) is -0.161. The molecule has 0 unspecified atom stereocenters. The summed E-state index contributed by atoms with van der Waals surface area (Å²) in [6, 6.07) is 10.3. The van der Waals surface area contributed by atoms with E-state index in [-0.39, 0.29) is 17.2 Å². The molecule has 0 aliphatic heterocycles. The Morgan fingerprint density at radius 1 is 1.18 bits per heavy atom. The monoisotopic (exact) mass is 420 g/mol. The number of thiazole rings is 1. The fraction of sp³-hybridized carbons (Fsp3) is 0.263. The maximum absolute atomic E-state index is 12.3. The maximum Gasteiger partial charge on any atom is 0.226 e. The molecule has 7 nitrogen and oxygen atoms in total. The van der Waals surface area contributed by atoms with Crippen LogP contribution in [0.4, 0.5) is 5.13 Å². The average molecular weight is 421 g/mol. The Balaban J connectivity index is 1.70. The first-order valence-corrected chi connectivity index (χ1v) is 11.1. The number of nitrogens with one attached hydrogen (secondary N) is 1. The van der Waals surface area contributed by atoms with E-state index in [9.17, 15) is 13.2 Å². The quantitative estimate of drug-likeness (QED) is 0.630. The van der Waals surface area contributed by atoms with Gasteiger partial charge in [-0.05, 0) is 36.2 Å². The number of methoxy groups -OCH3 is 2. The van der Waals surface area contributed by atoms with Crippen molar-refractivity contribution in [2.45, 2.75) is 17.7 Å². The molecule has 0 atom stereocenters. The standard InChI is InChI=1S/C19H20N2O5S2/c1-25-15-6-4-5-12(18(15)26-2)7-10-17(22)21-19-20-14-9-8-13(28(3,23)24)11-16(14)27-19/h4-6,8-9,11H,7,10H2,1-3H3,(H,20,21,22). The van der Waals surface area contributed by atoms with Crippen molar-refractivity contribution in [3.05, 3.63) is 42.0 Å². The lowest BCUT2D eigenvalue weighted by atomic mass is 10.1. The molecule has 1 aromatic heterocycles. The molecular formula is C19H20N2O5S2. The molecule has 148 valence electrons. The van der Waals surface area contributed by atoms with E-state index in [1.54, 1.807) is 32.4 Å². The highest BCUT2D eigenvalue weighted by atomic mass is 32.2. The van der Waals surface area contributed by atoms with Gasteiger partial charge in [-0.1, -0.05) is 23.5 Å². The summed E-state index contributed by atoms with van der Waals surface area (Å²) in [5.74, 6) is 1.05. The Hall–Kier alpha value is -2.65. The number of carbonyl (C=O) groups excluding carboxylic acids is 1. The van der Waals surface area contributed by atoms with Crippen molar-refractivity contribution in [1.29, 1.82) is 0 Å². The van der Waals surface area contributed by atoms with Crippen LogP contribution in [0.3, 0.4) is 0 Å². The molecule has 28 heavy (non-hydrogen) atoms. The molecule has 1 heterocycles. The molecule has 0 radical (unpaired) electrons. The Morgan fingerprint density at radius 3 is 2.64 bits per heavy atom. The van der Waals surface area contributed by atoms with E-state index in [1.807, 2.05) is 12.1 Å². The summed E-state index contributed by atoms with van der Waals surface area (Å²) in [6.07, 6.45) is 1.88. The molecule has 3 aromatic rings. The minimum absolute atomic E-state index is 0.188. The first-order valence-electron chi connectivity index (χ1n) is 8.42. The molecule has 3 rings (SSSR count). The number of hydrogen-bond acceptors (Lipinski definition) is 7. The van der Waals surface area contributed by atoms with Crippen LogP contribution < -0.4 is 14.8 Å². The van der Waals surface area contributed by atoms with Crippen LogP contribution in [0, 0.1) is 0 Å². The zero-order chi connectivity index (χ0) is 20.3. The highest BCUT2D eigenvalue weighted by Crippen LogP contribution is 2.32. The van der Waals surface area contributed by atoms with Gasteiger partial charge in [0.15, 0.2) is 26.5 Å². The minimum atomic E-state index is -3.29. The number of sulfone groups is 1. The molecule has 0 fully saturated rings. The van der Waals surface area contributed by atoms with Crippen molar-refractivity contribution in [2.24, 2.45) is 0 Å². The Kier molecular flexibility index (Phi) is 5.85. The van der Waals surface area contributed by atoms with Crippen LogP contribution in [-0.2, 0) is 21.1 Å². The lowest BCUT2D eigenvalue weighted by Gasteiger charge is -2.12. The second-order valence-corrected chi connectivity index (χ2v) is 9.17. The third-order valence-electron chi connectivity index (χ3n) is 4.14. The molecule has 9 heteroatoms. The summed E-state index contributed by atoms with van der Waals surface area (Å²) in [6.45, 7) is 0. The highest BCUT2D eigenvalue weighted by Gasteiger charge is 2.14. The number of nitrogens with zero attached hydrogens (tertiary/aromatic N) is 1. The molecule has 1 N–H and O–H groups in total. The number of anilines is 1. The fourth-order valence-corrected chi connectivity index (χ4v) is 4.41. The molecule has 2 aromatic carbocycles. The van der Waals surface area contributed by atoms with Gasteiger partial charge in [0.05, 0.1) is 29.3 Å². The van der Waals surface area contributed by atoms with Gasteiger partial charge < -0.3 is 14.8 Å². The zero-order valence-electron chi connectivity index (χ0n) is 15.7. The molecule has 0 saturated carbocycles. The highest BCUT2D eigenvalue weighted by molar-refractivity contribution is 7.90. The number of aryl methyl sites for hydroxylation is 1. The van der Waals surface area contributed by atoms with E-state index in [2.05, 4.69) is 10.3 Å². The van der Waals surface area contributed by atoms with E-state index in [4.69, 9.17) is 9.47 Å². The second kappa shape index (κ2) is 8.15. The van der Waals surface area contributed by atoms with E-state index < -0.39 is 9.84 Å². The molecule has 0 aliphatic carbocycles. The van der Waals surface area contributed by atoms with Crippen LogP contribution in [0.2, 0.25) is 0 Å². The minimum Gasteiger partial charge on any atom is -0.493 e. The number of fused-ring (bicyclic) bond motifs is 1. The van der Waals surface area contributed by atoms with Gasteiger partial charge in [0.2, 0.25) is 5.91 Å². The number of carbonyl (C=O) groups is 1. The molecule has 0 bridgehead atoms. The van der Waals surface area contributed by atoms with Gasteiger partial charge in [-0.3, -0.25) is 4.79 Å². The van der Waals surface area contributed by atoms with E-state index in [1.165, 1.54) is 17.4 Å². The predicted molar refractivity (Wildman–Crippen MR) is 109 cm³/mol. The van der Waals surface area contributed by atoms with Crippen molar-refractivity contribution >= 4 is 42.4 Å². The normalized spacial score (nSPS) is 11.4. The number of hydrogen-bond donors (Lipinski definition) is 1. The number of rotatable bonds is 7. The molecule has 0 saturated heterocycles. The number of amides is 1. The summed E-state index contributed by atoms with van der Waals surface area (Å²) in [5.41, 5.74) is 1.52. The van der Waals surface area contributed by atoms with Crippen molar-refractivity contribution in [2.75, 3.05) is 25.8 Å². The molecule has 1 amide bonds. The summed E-state index contributed by atoms with van der Waals surface area (Å²) >= 11 is 1.24. The molecule has 0 aliphatic rings. The van der Waals surface area contributed by atoms with Gasteiger partial charge in [0.1, 0.15) is 0 Å². The van der Waals surface area contributed by atoms with E-state index in [0.717, 1.165) is 11.8 Å². The van der Waals surface area contributed by atoms with Crippen molar-refractivity contribution in [1.82, 2.24) is 4.98 Å². The van der Waals surface area contributed by atoms with Gasteiger partial charge >= 0.3 is 0 Å². The average Bonchev–Trinajstić information content (AvgIpc) is 3.06. The van der Waals surface area contributed by atoms with Crippen LogP contribution in [0.15, 0.2) is 41.3 Å². The SMILES string of the molecule is COc1cccc(CCC(=O)Nc2nc3ccc(S(C)(=O)=O)cc3s2)c1OC. The van der Waals surface area contributed by atoms with Gasteiger partial charge in [-0.15, -0.1) is 0 Å². The van der Waals surface area contributed by atoms with Gasteiger partial charge in [-0.2, -0.15) is 0 Å². The van der Waals surface area contributed by atoms with Crippen molar-refractivity contribution < 1.29 is 22.7 Å². The number of ether oxygens (including phenoxy) is 2. The zero-order valence-corrected chi connectivity index (χ0v) is 17.3. The smallest absolute Gasteiger partial charge is 0.226 e. The lowest BCUT2D eigenvalue weighted by Crippen LogP contribution is -2.12. The van der Waals surface area contributed by atoms with Gasteiger partial charge in [-0.25, -0.2) is 13.4 Å². The number of benzene rings is 2. The predicted octanol–water partition coefficient (Wildman–Crippen LogP) is 3.29. The van der Waals surface area contributed by atoms with Crippen molar-refractivity contribution in [3.63, 3.8) is 0 Å². The largest absolute Gasteiger partial charge is 0.493 e. The summed E-state index contributed by atoms with van der Waals surface area (Å²) in [5, 5.41) is 3.21. The Bertz CT molecular complexity index is 1120. The third-order valence-corrected chi connectivity index (χ3v) is 6.18. The van der Waals surface area contributed by atoms with Gasteiger partial charge in [0.25, 0.3) is 0 Å². The molecular weight excluding hydrogens is 400 g/mol. The topological polar surface area (TPSA) is 94.6 Å². The molecule has 0 spiro atoms. The summed E-state index contributed by atoms with van der Waals surface area (Å²) < 4.78 is 34.7. The van der Waals surface area contributed by atoms with Crippen LogP contribution in [-0.4, -0.2) is 39.8 Å².